The molecule has 25 heavy (non-hydrogen) atoms. The van der Waals surface area contributed by atoms with Crippen LogP contribution in [0.1, 0.15) is 67.6 Å². The number of hydrogen-bond acceptors (Lipinski definition) is 3. The van der Waals surface area contributed by atoms with E-state index in [1.807, 2.05) is 43.3 Å². The van der Waals surface area contributed by atoms with Crippen molar-refractivity contribution in [3.63, 3.8) is 0 Å². The SMILES string of the molecule is CC(c1ccccc1)c1cc(C2CCCCC2)cc(S(=O)(=O)O)c1O. The van der Waals surface area contributed by atoms with E-state index >= 15 is 0 Å². The van der Waals surface area contributed by atoms with E-state index in [-0.39, 0.29) is 22.5 Å². The van der Waals surface area contributed by atoms with Crippen LogP contribution in [0.15, 0.2) is 47.4 Å². The number of aromatic hydroxyl groups is 1. The Balaban J connectivity index is 2.13. The number of phenols is 1. The topological polar surface area (TPSA) is 74.6 Å². The van der Waals surface area contributed by atoms with E-state index < -0.39 is 10.1 Å². The first-order valence-electron chi connectivity index (χ1n) is 8.77. The van der Waals surface area contributed by atoms with Gasteiger partial charge in [-0.05, 0) is 36.0 Å². The third-order valence-electron chi connectivity index (χ3n) is 5.25. The highest BCUT2D eigenvalue weighted by Crippen LogP contribution is 2.41. The van der Waals surface area contributed by atoms with Crippen molar-refractivity contribution >= 4 is 10.1 Å². The summed E-state index contributed by atoms with van der Waals surface area (Å²) in [6.07, 6.45) is 5.46. The summed E-state index contributed by atoms with van der Waals surface area (Å²) in [5.41, 5.74) is 2.42. The first-order valence-corrected chi connectivity index (χ1v) is 10.2. The Kier molecular flexibility index (Phi) is 5.16. The summed E-state index contributed by atoms with van der Waals surface area (Å²) in [5.74, 6) is -0.250. The Bertz CT molecular complexity index is 837. The molecule has 4 nitrogen and oxygen atoms in total. The van der Waals surface area contributed by atoms with Gasteiger partial charge < -0.3 is 5.11 Å². The molecule has 0 amide bonds. The third-order valence-corrected chi connectivity index (χ3v) is 6.11. The minimum Gasteiger partial charge on any atom is -0.506 e. The van der Waals surface area contributed by atoms with Gasteiger partial charge in [-0.1, -0.05) is 62.6 Å². The molecule has 0 saturated heterocycles. The standard InChI is InChI=1S/C20H24O4S/c1-14(15-8-4-2-5-9-15)18-12-17(16-10-6-3-7-11-16)13-19(20(18)21)25(22,23)24/h2,4-5,8-9,12-14,16,21H,3,6-7,10-11H2,1H3,(H,22,23,24). The highest BCUT2D eigenvalue weighted by atomic mass is 32.2. The summed E-state index contributed by atoms with van der Waals surface area (Å²) in [5, 5.41) is 10.5. The fourth-order valence-corrected chi connectivity index (χ4v) is 4.42. The number of hydrogen-bond donors (Lipinski definition) is 2. The molecule has 0 bridgehead atoms. The second kappa shape index (κ2) is 7.18. The van der Waals surface area contributed by atoms with Gasteiger partial charge in [0.2, 0.25) is 0 Å². The Morgan fingerprint density at radius 3 is 2.28 bits per heavy atom. The molecule has 2 N–H and O–H groups in total. The van der Waals surface area contributed by atoms with Gasteiger partial charge in [0.15, 0.2) is 0 Å². The fraction of sp³-hybridized carbons (Fsp3) is 0.400. The van der Waals surface area contributed by atoms with Crippen LogP contribution in [0.3, 0.4) is 0 Å². The van der Waals surface area contributed by atoms with Gasteiger partial charge in [-0.25, -0.2) is 0 Å². The van der Waals surface area contributed by atoms with Crippen molar-refractivity contribution in [2.45, 2.75) is 55.8 Å². The molecule has 1 unspecified atom stereocenters. The van der Waals surface area contributed by atoms with Gasteiger partial charge in [0, 0.05) is 11.5 Å². The van der Waals surface area contributed by atoms with Crippen LogP contribution in [0.2, 0.25) is 0 Å². The van der Waals surface area contributed by atoms with E-state index in [1.165, 1.54) is 12.5 Å². The van der Waals surface area contributed by atoms with Crippen LogP contribution >= 0.6 is 0 Å². The predicted molar refractivity (Wildman–Crippen MR) is 97.7 cm³/mol. The normalized spacial score (nSPS) is 17.4. The van der Waals surface area contributed by atoms with Crippen LogP contribution in [0.4, 0.5) is 0 Å². The lowest BCUT2D eigenvalue weighted by Crippen LogP contribution is -2.09. The van der Waals surface area contributed by atoms with Gasteiger partial charge in [-0.2, -0.15) is 8.42 Å². The largest absolute Gasteiger partial charge is 0.506 e. The molecule has 134 valence electrons. The maximum absolute atomic E-state index is 11.8. The van der Waals surface area contributed by atoms with E-state index in [0.29, 0.717) is 5.56 Å². The Labute approximate surface area is 149 Å². The Morgan fingerprint density at radius 1 is 1.04 bits per heavy atom. The average Bonchev–Trinajstić information content (AvgIpc) is 2.62. The van der Waals surface area contributed by atoms with Crippen LogP contribution in [0, 0.1) is 0 Å². The zero-order chi connectivity index (χ0) is 18.0. The molecule has 2 aromatic carbocycles. The summed E-state index contributed by atoms with van der Waals surface area (Å²) in [7, 11) is -4.48. The number of phenolic OH excluding ortho intramolecular Hbond substituents is 1. The maximum Gasteiger partial charge on any atom is 0.298 e. The fourth-order valence-electron chi connectivity index (χ4n) is 3.77. The quantitative estimate of drug-likeness (QED) is 0.765. The van der Waals surface area contributed by atoms with Crippen molar-refractivity contribution in [2.75, 3.05) is 0 Å². The van der Waals surface area contributed by atoms with Crippen LogP contribution < -0.4 is 0 Å². The molecular formula is C20H24O4S. The van der Waals surface area contributed by atoms with Crippen LogP contribution in [0.25, 0.3) is 0 Å². The zero-order valence-corrected chi connectivity index (χ0v) is 15.2. The molecule has 0 radical (unpaired) electrons. The lowest BCUT2D eigenvalue weighted by molar-refractivity contribution is 0.427. The minimum atomic E-state index is -4.48. The predicted octanol–water partition coefficient (Wildman–Crippen LogP) is 4.84. The first-order chi connectivity index (χ1) is 11.9. The summed E-state index contributed by atoms with van der Waals surface area (Å²) in [6.45, 7) is 1.93. The van der Waals surface area contributed by atoms with Gasteiger partial charge in [0.05, 0.1) is 0 Å². The molecular weight excluding hydrogens is 336 g/mol. The lowest BCUT2D eigenvalue weighted by atomic mass is 9.82. The summed E-state index contributed by atoms with van der Waals surface area (Å²) < 4.78 is 33.2. The summed E-state index contributed by atoms with van der Waals surface area (Å²) in [4.78, 5) is -0.381. The molecule has 0 heterocycles. The first kappa shape index (κ1) is 18.0. The molecule has 1 saturated carbocycles. The molecule has 0 aromatic heterocycles. The van der Waals surface area contributed by atoms with Crippen molar-refractivity contribution in [2.24, 2.45) is 0 Å². The average molecular weight is 360 g/mol. The van der Waals surface area contributed by atoms with Gasteiger partial charge >= 0.3 is 0 Å². The molecule has 2 aromatic rings. The van der Waals surface area contributed by atoms with Crippen LogP contribution in [-0.4, -0.2) is 18.1 Å². The van der Waals surface area contributed by atoms with E-state index in [4.69, 9.17) is 0 Å². The van der Waals surface area contributed by atoms with Crippen molar-refractivity contribution in [3.05, 3.63) is 59.2 Å². The molecule has 3 rings (SSSR count). The monoisotopic (exact) mass is 360 g/mol. The molecule has 0 aliphatic heterocycles. The van der Waals surface area contributed by atoms with E-state index in [2.05, 4.69) is 0 Å². The highest BCUT2D eigenvalue weighted by molar-refractivity contribution is 7.86. The van der Waals surface area contributed by atoms with E-state index in [0.717, 1.165) is 36.8 Å². The zero-order valence-electron chi connectivity index (χ0n) is 14.4. The van der Waals surface area contributed by atoms with Crippen molar-refractivity contribution in [1.29, 1.82) is 0 Å². The second-order valence-corrected chi connectivity index (χ2v) is 8.29. The van der Waals surface area contributed by atoms with Crippen molar-refractivity contribution in [3.8, 4) is 5.75 Å². The molecule has 1 aliphatic carbocycles. The van der Waals surface area contributed by atoms with Crippen LogP contribution in [-0.2, 0) is 10.1 Å². The third kappa shape index (κ3) is 3.88. The number of benzene rings is 2. The highest BCUT2D eigenvalue weighted by Gasteiger charge is 2.26. The van der Waals surface area contributed by atoms with Gasteiger partial charge in [0.25, 0.3) is 10.1 Å². The Hall–Kier alpha value is -1.85. The summed E-state index contributed by atoms with van der Waals surface area (Å²) >= 11 is 0. The van der Waals surface area contributed by atoms with Crippen molar-refractivity contribution in [1.82, 2.24) is 0 Å². The smallest absolute Gasteiger partial charge is 0.298 e. The molecule has 1 aliphatic rings. The van der Waals surface area contributed by atoms with Gasteiger partial charge in [0.1, 0.15) is 10.6 Å². The molecule has 5 heteroatoms. The van der Waals surface area contributed by atoms with E-state index in [9.17, 15) is 18.1 Å². The molecule has 0 spiro atoms. The van der Waals surface area contributed by atoms with Gasteiger partial charge in [-0.15, -0.1) is 0 Å². The van der Waals surface area contributed by atoms with Crippen molar-refractivity contribution < 1.29 is 18.1 Å². The minimum absolute atomic E-state index is 0.176. The lowest BCUT2D eigenvalue weighted by Gasteiger charge is -2.25. The van der Waals surface area contributed by atoms with Crippen LogP contribution in [0.5, 0.6) is 5.75 Å². The van der Waals surface area contributed by atoms with E-state index in [1.54, 1.807) is 0 Å². The molecule has 1 atom stereocenters. The number of rotatable bonds is 4. The maximum atomic E-state index is 11.8. The Morgan fingerprint density at radius 2 is 1.68 bits per heavy atom. The summed E-state index contributed by atoms with van der Waals surface area (Å²) in [6, 6.07) is 13.0. The molecule has 1 fully saturated rings. The second-order valence-electron chi connectivity index (χ2n) is 6.90. The van der Waals surface area contributed by atoms with Gasteiger partial charge in [-0.3, -0.25) is 4.55 Å².